The molecule has 0 radical (unpaired) electrons. The second-order valence-corrected chi connectivity index (χ2v) is 13.0. The smallest absolute Gasteiger partial charge is 0.327 e. The average Bonchev–Trinajstić information content (AvgIpc) is 3.16. The molecule has 0 heterocycles. The molecule has 0 bridgehead atoms. The van der Waals surface area contributed by atoms with Crippen LogP contribution in [0.3, 0.4) is 0 Å². The SMILES string of the molecule is CC(CCC(=O)N[C@@H](CS)C(=O)O)C1CCC2C3C(O)CC4CC(O)CCC4(C)C3CC(O)C12C. The molecular formula is C27H45NO6S. The minimum atomic E-state index is -1.08. The quantitative estimate of drug-likeness (QED) is 0.292. The summed E-state index contributed by atoms with van der Waals surface area (Å²) in [5.41, 5.74) is -0.245. The van der Waals surface area contributed by atoms with Crippen LogP contribution < -0.4 is 5.32 Å². The molecule has 35 heavy (non-hydrogen) atoms. The van der Waals surface area contributed by atoms with Gasteiger partial charge in [-0.25, -0.2) is 4.79 Å². The molecule has 12 atom stereocenters. The third-order valence-corrected chi connectivity index (χ3v) is 11.5. The molecule has 1 amide bonds. The number of nitrogens with one attached hydrogen (secondary N) is 1. The molecule has 200 valence electrons. The molecule has 7 nitrogen and oxygen atoms in total. The predicted molar refractivity (Wildman–Crippen MR) is 136 cm³/mol. The zero-order valence-corrected chi connectivity index (χ0v) is 22.3. The highest BCUT2D eigenvalue weighted by Gasteiger charge is 2.65. The molecule has 0 spiro atoms. The Bertz CT molecular complexity index is 811. The molecule has 0 aliphatic heterocycles. The van der Waals surface area contributed by atoms with Crippen molar-refractivity contribution in [2.45, 2.75) is 103 Å². The van der Waals surface area contributed by atoms with Crippen LogP contribution in [0.5, 0.6) is 0 Å². The molecule has 4 fully saturated rings. The number of carboxylic acids is 1. The lowest BCUT2D eigenvalue weighted by Gasteiger charge is -2.63. The number of rotatable bonds is 7. The summed E-state index contributed by atoms with van der Waals surface area (Å²) in [6.45, 7) is 6.69. The summed E-state index contributed by atoms with van der Waals surface area (Å²) >= 11 is 4.01. The number of carbonyl (C=O) groups excluding carboxylic acids is 1. The third-order valence-electron chi connectivity index (χ3n) is 11.2. The highest BCUT2D eigenvalue weighted by atomic mass is 32.1. The molecule has 4 aliphatic rings. The van der Waals surface area contributed by atoms with Crippen LogP contribution in [0.15, 0.2) is 0 Å². The normalized spacial score (nSPS) is 46.6. The second-order valence-electron chi connectivity index (χ2n) is 12.7. The van der Waals surface area contributed by atoms with Crippen molar-refractivity contribution in [1.82, 2.24) is 5.32 Å². The molecule has 4 saturated carbocycles. The molecule has 0 aromatic heterocycles. The number of hydrogen-bond donors (Lipinski definition) is 6. The van der Waals surface area contributed by atoms with Gasteiger partial charge in [0.15, 0.2) is 0 Å². The molecule has 0 aromatic carbocycles. The Hall–Kier alpha value is -0.830. The van der Waals surface area contributed by atoms with Crippen LogP contribution in [0, 0.1) is 46.3 Å². The largest absolute Gasteiger partial charge is 0.480 e. The van der Waals surface area contributed by atoms with Crippen molar-refractivity contribution in [3.05, 3.63) is 0 Å². The molecule has 0 aromatic rings. The van der Waals surface area contributed by atoms with Crippen molar-refractivity contribution in [2.24, 2.45) is 46.3 Å². The van der Waals surface area contributed by atoms with E-state index in [0.717, 1.165) is 38.5 Å². The van der Waals surface area contributed by atoms with Gasteiger partial charge in [-0.15, -0.1) is 0 Å². The lowest BCUT2D eigenvalue weighted by molar-refractivity contribution is -0.207. The number of thiol groups is 1. The van der Waals surface area contributed by atoms with Crippen molar-refractivity contribution in [3.63, 3.8) is 0 Å². The van der Waals surface area contributed by atoms with E-state index in [1.54, 1.807) is 0 Å². The zero-order chi connectivity index (χ0) is 25.7. The van der Waals surface area contributed by atoms with E-state index in [1.165, 1.54) is 0 Å². The Morgan fingerprint density at radius 2 is 1.77 bits per heavy atom. The number of carbonyl (C=O) groups is 2. The van der Waals surface area contributed by atoms with Crippen molar-refractivity contribution in [2.75, 3.05) is 5.75 Å². The summed E-state index contributed by atoms with van der Waals surface area (Å²) in [5, 5.41) is 45.0. The number of carboxylic acid groups (broad SMARTS) is 1. The van der Waals surface area contributed by atoms with E-state index in [9.17, 15) is 24.9 Å². The number of hydrogen-bond acceptors (Lipinski definition) is 6. The molecule has 4 rings (SSSR count). The lowest BCUT2D eigenvalue weighted by atomic mass is 9.43. The maximum Gasteiger partial charge on any atom is 0.327 e. The van der Waals surface area contributed by atoms with Crippen LogP contribution in [0.25, 0.3) is 0 Å². The highest BCUT2D eigenvalue weighted by molar-refractivity contribution is 7.80. The molecule has 4 aliphatic carbocycles. The van der Waals surface area contributed by atoms with E-state index < -0.39 is 24.2 Å². The molecule has 8 heteroatoms. The van der Waals surface area contributed by atoms with Gasteiger partial charge in [0.25, 0.3) is 0 Å². The van der Waals surface area contributed by atoms with Crippen molar-refractivity contribution in [3.8, 4) is 0 Å². The van der Waals surface area contributed by atoms with E-state index in [4.69, 9.17) is 5.11 Å². The number of aliphatic carboxylic acids is 1. The first-order valence-electron chi connectivity index (χ1n) is 13.6. The van der Waals surface area contributed by atoms with Crippen molar-refractivity contribution < 1.29 is 30.0 Å². The summed E-state index contributed by atoms with van der Waals surface area (Å²) < 4.78 is 0. The minimum absolute atomic E-state index is 0.0504. The fourth-order valence-corrected chi connectivity index (χ4v) is 9.39. The maximum absolute atomic E-state index is 12.4. The van der Waals surface area contributed by atoms with Gasteiger partial charge < -0.3 is 25.7 Å². The Morgan fingerprint density at radius 3 is 2.43 bits per heavy atom. The minimum Gasteiger partial charge on any atom is -0.480 e. The summed E-state index contributed by atoms with van der Waals surface area (Å²) in [7, 11) is 0. The topological polar surface area (TPSA) is 127 Å². The third kappa shape index (κ3) is 4.66. The first kappa shape index (κ1) is 27.2. The predicted octanol–water partition coefficient (Wildman–Crippen LogP) is 2.86. The number of amides is 1. The van der Waals surface area contributed by atoms with E-state index in [2.05, 4.69) is 38.7 Å². The Labute approximate surface area is 214 Å². The van der Waals surface area contributed by atoms with Gasteiger partial charge in [-0.3, -0.25) is 4.79 Å². The Kier molecular flexibility index (Phi) is 7.89. The van der Waals surface area contributed by atoms with E-state index in [-0.39, 0.29) is 64.6 Å². The van der Waals surface area contributed by atoms with Gasteiger partial charge in [-0.2, -0.15) is 12.6 Å². The number of aliphatic hydroxyl groups excluding tert-OH is 3. The van der Waals surface area contributed by atoms with Gasteiger partial charge >= 0.3 is 5.97 Å². The average molecular weight is 512 g/mol. The van der Waals surface area contributed by atoms with Gasteiger partial charge in [-0.05, 0) is 97.7 Å². The summed E-state index contributed by atoms with van der Waals surface area (Å²) in [5.74, 6) is 0.147. The van der Waals surface area contributed by atoms with Crippen LogP contribution in [-0.4, -0.2) is 62.4 Å². The van der Waals surface area contributed by atoms with E-state index in [0.29, 0.717) is 18.8 Å². The zero-order valence-electron chi connectivity index (χ0n) is 21.4. The Balaban J connectivity index is 1.47. The van der Waals surface area contributed by atoms with E-state index in [1.807, 2.05) is 0 Å². The highest BCUT2D eigenvalue weighted by Crippen LogP contribution is 2.68. The van der Waals surface area contributed by atoms with Gasteiger partial charge in [0.2, 0.25) is 5.91 Å². The maximum atomic E-state index is 12.4. The summed E-state index contributed by atoms with van der Waals surface area (Å²) in [6, 6.07) is -0.981. The number of fused-ring (bicyclic) bond motifs is 5. The van der Waals surface area contributed by atoms with Gasteiger partial charge in [0.1, 0.15) is 6.04 Å². The van der Waals surface area contributed by atoms with Crippen LogP contribution in [0.2, 0.25) is 0 Å². The first-order chi connectivity index (χ1) is 16.4. The Morgan fingerprint density at radius 1 is 1.06 bits per heavy atom. The van der Waals surface area contributed by atoms with E-state index >= 15 is 0 Å². The fraction of sp³-hybridized carbons (Fsp3) is 0.926. The van der Waals surface area contributed by atoms with Crippen LogP contribution in [-0.2, 0) is 9.59 Å². The molecular weight excluding hydrogens is 466 g/mol. The van der Waals surface area contributed by atoms with Crippen LogP contribution >= 0.6 is 12.6 Å². The van der Waals surface area contributed by atoms with Crippen LogP contribution in [0.4, 0.5) is 0 Å². The first-order valence-corrected chi connectivity index (χ1v) is 14.2. The lowest BCUT2D eigenvalue weighted by Crippen LogP contribution is -2.62. The molecule has 0 saturated heterocycles. The van der Waals surface area contributed by atoms with Gasteiger partial charge in [-0.1, -0.05) is 20.8 Å². The monoisotopic (exact) mass is 511 g/mol. The standard InChI is InChI=1S/C27H45NO6S/c1-14(4-7-23(32)28-20(13-35)25(33)34)17-5-6-18-24-19(12-22(31)27(17,18)3)26(2)9-8-16(29)10-15(26)11-21(24)30/h14-22,24,29-31,35H,4-13H2,1-3H3,(H,28,32)(H,33,34)/t14?,15?,16?,17?,18?,19?,20-,21?,22?,24?,26?,27?/m0/s1. The number of aliphatic hydroxyl groups is 3. The summed E-state index contributed by atoms with van der Waals surface area (Å²) in [4.78, 5) is 23.6. The van der Waals surface area contributed by atoms with Gasteiger partial charge in [0, 0.05) is 12.2 Å². The fourth-order valence-electron chi connectivity index (χ4n) is 9.14. The molecule has 5 N–H and O–H groups in total. The van der Waals surface area contributed by atoms with Crippen molar-refractivity contribution in [1.29, 1.82) is 0 Å². The van der Waals surface area contributed by atoms with Crippen LogP contribution in [0.1, 0.15) is 78.6 Å². The molecule has 11 unspecified atom stereocenters. The summed E-state index contributed by atoms with van der Waals surface area (Å²) in [6.07, 6.45) is 5.70. The van der Waals surface area contributed by atoms with Crippen molar-refractivity contribution >= 4 is 24.5 Å². The van der Waals surface area contributed by atoms with Gasteiger partial charge in [0.05, 0.1) is 18.3 Å². The second kappa shape index (κ2) is 10.1.